The normalized spacial score (nSPS) is 12.1. The zero-order chi connectivity index (χ0) is 19.6. The molecule has 0 aliphatic heterocycles. The first kappa shape index (κ1) is 17.9. The number of hydrogen-bond acceptors (Lipinski definition) is 1. The Morgan fingerprint density at radius 1 is 0.621 bits per heavy atom. The number of benzene rings is 4. The van der Waals surface area contributed by atoms with Crippen molar-refractivity contribution in [1.29, 1.82) is 0 Å². The van der Waals surface area contributed by atoms with E-state index in [2.05, 4.69) is 109 Å². The Kier molecular flexibility index (Phi) is 4.75. The van der Waals surface area contributed by atoms with Crippen molar-refractivity contribution in [2.75, 3.05) is 7.05 Å². The van der Waals surface area contributed by atoms with Crippen molar-refractivity contribution in [3.8, 4) is 22.3 Å². The van der Waals surface area contributed by atoms with Gasteiger partial charge in [0.25, 0.3) is 0 Å². The SMILES string of the molecule is CN(Cc1ccc2c(c1)Cc1ccccc1-2)Cc1ccccc1-c1ccccc1. The molecule has 4 aromatic rings. The topological polar surface area (TPSA) is 3.24 Å². The maximum atomic E-state index is 2.41. The van der Waals surface area contributed by atoms with Crippen LogP contribution in [0.5, 0.6) is 0 Å². The first-order valence-corrected chi connectivity index (χ1v) is 10.3. The molecular weight excluding hydrogens is 350 g/mol. The largest absolute Gasteiger partial charge is 0.298 e. The zero-order valence-corrected chi connectivity index (χ0v) is 16.8. The van der Waals surface area contributed by atoms with Crippen LogP contribution in [0.2, 0.25) is 0 Å². The van der Waals surface area contributed by atoms with Gasteiger partial charge in [0.1, 0.15) is 0 Å². The van der Waals surface area contributed by atoms with E-state index in [1.165, 1.54) is 44.5 Å². The fourth-order valence-electron chi connectivity index (χ4n) is 4.51. The maximum Gasteiger partial charge on any atom is 0.0240 e. The van der Waals surface area contributed by atoms with Gasteiger partial charge in [-0.2, -0.15) is 0 Å². The summed E-state index contributed by atoms with van der Waals surface area (Å²) in [6, 6.07) is 35.2. The molecule has 142 valence electrons. The van der Waals surface area contributed by atoms with Crippen LogP contribution < -0.4 is 0 Å². The summed E-state index contributed by atoms with van der Waals surface area (Å²) in [5.41, 5.74) is 11.1. The quantitative estimate of drug-likeness (QED) is 0.336. The molecule has 0 aromatic heterocycles. The molecule has 0 unspecified atom stereocenters. The van der Waals surface area contributed by atoms with Crippen molar-refractivity contribution in [1.82, 2.24) is 4.90 Å². The molecule has 29 heavy (non-hydrogen) atoms. The summed E-state index contributed by atoms with van der Waals surface area (Å²) in [5.74, 6) is 0. The van der Waals surface area contributed by atoms with Gasteiger partial charge in [-0.25, -0.2) is 0 Å². The summed E-state index contributed by atoms with van der Waals surface area (Å²) in [7, 11) is 2.21. The Morgan fingerprint density at radius 2 is 1.31 bits per heavy atom. The molecular formula is C28H25N. The van der Waals surface area contributed by atoms with Gasteiger partial charge in [-0.3, -0.25) is 4.90 Å². The highest BCUT2D eigenvalue weighted by molar-refractivity contribution is 5.77. The molecule has 0 spiro atoms. The van der Waals surface area contributed by atoms with E-state index in [1.54, 1.807) is 0 Å². The third kappa shape index (κ3) is 3.62. The van der Waals surface area contributed by atoms with E-state index in [9.17, 15) is 0 Å². The van der Waals surface area contributed by atoms with Crippen LogP contribution in [-0.2, 0) is 19.5 Å². The van der Waals surface area contributed by atoms with Gasteiger partial charge in [0, 0.05) is 13.1 Å². The van der Waals surface area contributed by atoms with Crippen molar-refractivity contribution in [2.24, 2.45) is 0 Å². The number of fused-ring (bicyclic) bond motifs is 3. The van der Waals surface area contributed by atoms with E-state index in [0.29, 0.717) is 0 Å². The predicted octanol–water partition coefficient (Wildman–Crippen LogP) is 6.56. The van der Waals surface area contributed by atoms with E-state index in [4.69, 9.17) is 0 Å². The Bertz CT molecular complexity index is 1140. The van der Waals surface area contributed by atoms with Crippen LogP contribution in [0.15, 0.2) is 97.1 Å². The van der Waals surface area contributed by atoms with Crippen molar-refractivity contribution >= 4 is 0 Å². The Balaban J connectivity index is 1.34. The lowest BCUT2D eigenvalue weighted by atomic mass is 9.99. The third-order valence-corrected chi connectivity index (χ3v) is 5.85. The molecule has 1 aliphatic carbocycles. The van der Waals surface area contributed by atoms with Crippen LogP contribution in [0, 0.1) is 0 Å². The van der Waals surface area contributed by atoms with Gasteiger partial charge in [-0.05, 0) is 58.0 Å². The van der Waals surface area contributed by atoms with E-state index in [0.717, 1.165) is 19.5 Å². The van der Waals surface area contributed by atoms with Gasteiger partial charge in [-0.1, -0.05) is 97.1 Å². The average molecular weight is 376 g/mol. The fourth-order valence-corrected chi connectivity index (χ4v) is 4.51. The van der Waals surface area contributed by atoms with Crippen molar-refractivity contribution in [2.45, 2.75) is 19.5 Å². The standard InChI is InChI=1S/C28H25N/c1-29(20-24-12-6-7-13-26(24)22-9-3-2-4-10-22)19-21-15-16-28-25(17-21)18-23-11-5-8-14-27(23)28/h2-17H,18-20H2,1H3. The minimum absolute atomic E-state index is 0.933. The van der Waals surface area contributed by atoms with Crippen LogP contribution in [-0.4, -0.2) is 11.9 Å². The molecule has 1 heteroatoms. The van der Waals surface area contributed by atoms with Gasteiger partial charge in [-0.15, -0.1) is 0 Å². The molecule has 0 amide bonds. The van der Waals surface area contributed by atoms with E-state index < -0.39 is 0 Å². The first-order valence-electron chi connectivity index (χ1n) is 10.3. The van der Waals surface area contributed by atoms with Crippen LogP contribution in [0.4, 0.5) is 0 Å². The summed E-state index contributed by atoms with van der Waals surface area (Å²) in [5, 5.41) is 0. The van der Waals surface area contributed by atoms with Gasteiger partial charge in [0.05, 0.1) is 0 Å². The summed E-state index contributed by atoms with van der Waals surface area (Å²) in [6.07, 6.45) is 1.06. The first-order chi connectivity index (χ1) is 14.3. The fraction of sp³-hybridized carbons (Fsp3) is 0.143. The lowest BCUT2D eigenvalue weighted by Gasteiger charge is -2.20. The van der Waals surface area contributed by atoms with Crippen molar-refractivity contribution in [3.63, 3.8) is 0 Å². The molecule has 0 N–H and O–H groups in total. The van der Waals surface area contributed by atoms with Gasteiger partial charge in [0.2, 0.25) is 0 Å². The maximum absolute atomic E-state index is 2.41. The Morgan fingerprint density at radius 3 is 2.17 bits per heavy atom. The van der Waals surface area contributed by atoms with E-state index in [-0.39, 0.29) is 0 Å². The Labute approximate surface area is 173 Å². The van der Waals surface area contributed by atoms with Crippen LogP contribution in [0.25, 0.3) is 22.3 Å². The van der Waals surface area contributed by atoms with Crippen LogP contribution in [0.1, 0.15) is 22.3 Å². The molecule has 1 nitrogen and oxygen atoms in total. The number of hydrogen-bond donors (Lipinski definition) is 0. The molecule has 0 bridgehead atoms. The van der Waals surface area contributed by atoms with Crippen molar-refractivity contribution in [3.05, 3.63) is 119 Å². The third-order valence-electron chi connectivity index (χ3n) is 5.85. The Hall–Kier alpha value is -3.16. The molecule has 0 saturated heterocycles. The summed E-state index contributed by atoms with van der Waals surface area (Å²) >= 11 is 0. The van der Waals surface area contributed by atoms with Crippen LogP contribution in [0.3, 0.4) is 0 Å². The summed E-state index contributed by atoms with van der Waals surface area (Å²) in [4.78, 5) is 2.41. The molecule has 1 aliphatic rings. The van der Waals surface area contributed by atoms with Crippen LogP contribution >= 0.6 is 0 Å². The second-order valence-corrected chi connectivity index (χ2v) is 8.02. The molecule has 4 aromatic carbocycles. The lowest BCUT2D eigenvalue weighted by molar-refractivity contribution is 0.319. The van der Waals surface area contributed by atoms with Crippen molar-refractivity contribution < 1.29 is 0 Å². The highest BCUT2D eigenvalue weighted by Gasteiger charge is 2.18. The average Bonchev–Trinajstić information content (AvgIpc) is 3.12. The van der Waals surface area contributed by atoms with Gasteiger partial charge >= 0.3 is 0 Å². The molecule has 0 heterocycles. The van der Waals surface area contributed by atoms with E-state index in [1.807, 2.05) is 0 Å². The zero-order valence-electron chi connectivity index (χ0n) is 16.8. The second kappa shape index (κ2) is 7.69. The van der Waals surface area contributed by atoms with Gasteiger partial charge < -0.3 is 0 Å². The molecule has 5 rings (SSSR count). The molecule has 0 saturated carbocycles. The number of nitrogens with zero attached hydrogens (tertiary/aromatic N) is 1. The minimum Gasteiger partial charge on any atom is -0.298 e. The smallest absolute Gasteiger partial charge is 0.0240 e. The molecule has 0 radical (unpaired) electrons. The number of rotatable bonds is 5. The minimum atomic E-state index is 0.933. The summed E-state index contributed by atoms with van der Waals surface area (Å²) in [6.45, 7) is 1.88. The lowest BCUT2D eigenvalue weighted by Crippen LogP contribution is -2.17. The van der Waals surface area contributed by atoms with Gasteiger partial charge in [0.15, 0.2) is 0 Å². The molecule has 0 fully saturated rings. The second-order valence-electron chi connectivity index (χ2n) is 8.02. The molecule has 0 atom stereocenters. The predicted molar refractivity (Wildman–Crippen MR) is 122 cm³/mol. The highest BCUT2D eigenvalue weighted by Crippen LogP contribution is 2.37. The monoisotopic (exact) mass is 375 g/mol. The van der Waals surface area contributed by atoms with E-state index >= 15 is 0 Å². The summed E-state index contributed by atoms with van der Waals surface area (Å²) < 4.78 is 0. The highest BCUT2D eigenvalue weighted by atomic mass is 15.1.